The van der Waals surface area contributed by atoms with Crippen LogP contribution in [0.4, 0.5) is 4.79 Å². The summed E-state index contributed by atoms with van der Waals surface area (Å²) in [5.74, 6) is 0.418. The van der Waals surface area contributed by atoms with E-state index in [4.69, 9.17) is 4.74 Å². The van der Waals surface area contributed by atoms with Crippen LogP contribution in [0.3, 0.4) is 0 Å². The molecule has 1 aliphatic carbocycles. The molecule has 3 heteroatoms. The molecule has 0 spiro atoms. The molecule has 1 fully saturated rings. The molecule has 0 saturated heterocycles. The Balaban J connectivity index is 2.17. The molecule has 3 nitrogen and oxygen atoms in total. The first-order valence-electron chi connectivity index (χ1n) is 4.51. The lowest BCUT2D eigenvalue weighted by Crippen LogP contribution is -2.30. The van der Waals surface area contributed by atoms with Crippen LogP contribution in [-0.4, -0.2) is 30.7 Å². The second-order valence-electron chi connectivity index (χ2n) is 3.81. The van der Waals surface area contributed by atoms with E-state index in [-0.39, 0.29) is 6.09 Å². The number of hydrogen-bond acceptors (Lipinski definition) is 2. The molecule has 0 radical (unpaired) electrons. The van der Waals surface area contributed by atoms with Crippen molar-refractivity contribution >= 4 is 6.09 Å². The minimum Gasteiger partial charge on any atom is -0.449 e. The normalized spacial score (nSPS) is 16.3. The Labute approximate surface area is 73.7 Å². The van der Waals surface area contributed by atoms with Gasteiger partial charge in [0, 0.05) is 13.1 Å². The molecule has 0 aromatic carbocycles. The number of carbonyl (C=O) groups excluding carboxylic acids is 1. The van der Waals surface area contributed by atoms with E-state index in [9.17, 15) is 4.79 Å². The highest BCUT2D eigenvalue weighted by Gasteiger charge is 2.30. The topological polar surface area (TPSA) is 29.5 Å². The number of hydrogen-bond donors (Lipinski definition) is 0. The van der Waals surface area contributed by atoms with E-state index in [0.29, 0.717) is 18.6 Å². The van der Waals surface area contributed by atoms with Crippen molar-refractivity contribution < 1.29 is 9.53 Å². The summed E-state index contributed by atoms with van der Waals surface area (Å²) in [4.78, 5) is 12.9. The predicted molar refractivity (Wildman–Crippen MR) is 47.0 cm³/mol. The lowest BCUT2D eigenvalue weighted by molar-refractivity contribution is 0.0980. The Hall–Kier alpha value is -0.730. The average Bonchev–Trinajstić information content (AvgIpc) is 2.80. The highest BCUT2D eigenvalue weighted by Crippen LogP contribution is 2.25. The summed E-state index contributed by atoms with van der Waals surface area (Å²) in [5.41, 5.74) is 0. The molecule has 0 heterocycles. The third-order valence-electron chi connectivity index (χ3n) is 1.92. The molecule has 1 aliphatic rings. The van der Waals surface area contributed by atoms with Crippen LogP contribution >= 0.6 is 0 Å². The fraction of sp³-hybridized carbons (Fsp3) is 0.889. The zero-order chi connectivity index (χ0) is 9.14. The van der Waals surface area contributed by atoms with Crippen LogP contribution in [0.1, 0.15) is 26.7 Å². The third-order valence-corrected chi connectivity index (χ3v) is 1.92. The van der Waals surface area contributed by atoms with Gasteiger partial charge in [0.05, 0.1) is 6.61 Å². The molecule has 0 aromatic heterocycles. The SMILES string of the molecule is CC(C)COC(=O)N(C)C1CC1. The molecule has 1 amide bonds. The first kappa shape index (κ1) is 9.36. The molecular formula is C9H17NO2. The number of amides is 1. The van der Waals surface area contributed by atoms with Crippen LogP contribution in [0.5, 0.6) is 0 Å². The van der Waals surface area contributed by atoms with E-state index in [1.165, 1.54) is 0 Å². The van der Waals surface area contributed by atoms with Crippen LogP contribution in [0.2, 0.25) is 0 Å². The third kappa shape index (κ3) is 2.72. The van der Waals surface area contributed by atoms with Crippen molar-refractivity contribution in [3.63, 3.8) is 0 Å². The highest BCUT2D eigenvalue weighted by atomic mass is 16.6. The van der Waals surface area contributed by atoms with E-state index < -0.39 is 0 Å². The minimum atomic E-state index is -0.175. The fourth-order valence-electron chi connectivity index (χ4n) is 0.951. The molecule has 0 aromatic rings. The Morgan fingerprint density at radius 2 is 2.17 bits per heavy atom. The Morgan fingerprint density at radius 3 is 2.58 bits per heavy atom. The van der Waals surface area contributed by atoms with Gasteiger partial charge in [-0.05, 0) is 18.8 Å². The van der Waals surface area contributed by atoms with Gasteiger partial charge in [-0.1, -0.05) is 13.8 Å². The van der Waals surface area contributed by atoms with Crippen molar-refractivity contribution in [2.75, 3.05) is 13.7 Å². The molecule has 1 rings (SSSR count). The molecule has 0 N–H and O–H groups in total. The van der Waals surface area contributed by atoms with Gasteiger partial charge in [-0.2, -0.15) is 0 Å². The van der Waals surface area contributed by atoms with Gasteiger partial charge in [-0.25, -0.2) is 4.79 Å². The quantitative estimate of drug-likeness (QED) is 0.648. The van der Waals surface area contributed by atoms with Gasteiger partial charge in [-0.15, -0.1) is 0 Å². The van der Waals surface area contributed by atoms with Crippen LogP contribution in [0.15, 0.2) is 0 Å². The maximum atomic E-state index is 11.2. The Bertz CT molecular complexity index is 164. The monoisotopic (exact) mass is 171 g/mol. The first-order valence-corrected chi connectivity index (χ1v) is 4.51. The summed E-state index contributed by atoms with van der Waals surface area (Å²) in [6.07, 6.45) is 2.09. The van der Waals surface area contributed by atoms with Gasteiger partial charge in [0.1, 0.15) is 0 Å². The zero-order valence-electron chi connectivity index (χ0n) is 8.04. The smallest absolute Gasteiger partial charge is 0.409 e. The van der Waals surface area contributed by atoms with Crippen molar-refractivity contribution in [1.82, 2.24) is 4.90 Å². The van der Waals surface area contributed by atoms with Crippen molar-refractivity contribution in [3.05, 3.63) is 0 Å². The van der Waals surface area contributed by atoms with E-state index in [0.717, 1.165) is 12.8 Å². The molecule has 0 unspecified atom stereocenters. The standard InChI is InChI=1S/C9H17NO2/c1-7(2)6-12-9(11)10(3)8-4-5-8/h7-8H,4-6H2,1-3H3. The lowest BCUT2D eigenvalue weighted by atomic mass is 10.2. The predicted octanol–water partition coefficient (Wildman–Crippen LogP) is 1.87. The van der Waals surface area contributed by atoms with Crippen LogP contribution in [0.25, 0.3) is 0 Å². The zero-order valence-corrected chi connectivity index (χ0v) is 8.04. The number of rotatable bonds is 3. The highest BCUT2D eigenvalue weighted by molar-refractivity contribution is 5.68. The average molecular weight is 171 g/mol. The minimum absolute atomic E-state index is 0.175. The van der Waals surface area contributed by atoms with Gasteiger partial charge in [0.2, 0.25) is 0 Å². The number of ether oxygens (including phenoxy) is 1. The van der Waals surface area contributed by atoms with Crippen molar-refractivity contribution in [3.8, 4) is 0 Å². The number of carbonyl (C=O) groups is 1. The second-order valence-corrected chi connectivity index (χ2v) is 3.81. The molecule has 1 saturated carbocycles. The van der Waals surface area contributed by atoms with E-state index >= 15 is 0 Å². The van der Waals surface area contributed by atoms with Gasteiger partial charge in [-0.3, -0.25) is 0 Å². The van der Waals surface area contributed by atoms with Crippen molar-refractivity contribution in [2.45, 2.75) is 32.7 Å². The summed E-state index contributed by atoms with van der Waals surface area (Å²) in [6.45, 7) is 4.59. The molecular weight excluding hydrogens is 154 g/mol. The first-order chi connectivity index (χ1) is 5.61. The molecule has 0 atom stereocenters. The summed E-state index contributed by atoms with van der Waals surface area (Å²) in [7, 11) is 1.81. The summed E-state index contributed by atoms with van der Waals surface area (Å²) in [5, 5.41) is 0. The van der Waals surface area contributed by atoms with E-state index in [1.807, 2.05) is 13.8 Å². The molecule has 0 bridgehead atoms. The van der Waals surface area contributed by atoms with Crippen LogP contribution in [-0.2, 0) is 4.74 Å². The molecule has 12 heavy (non-hydrogen) atoms. The fourth-order valence-corrected chi connectivity index (χ4v) is 0.951. The molecule has 70 valence electrons. The van der Waals surface area contributed by atoms with E-state index in [2.05, 4.69) is 0 Å². The van der Waals surface area contributed by atoms with Crippen molar-refractivity contribution in [2.24, 2.45) is 5.92 Å². The van der Waals surface area contributed by atoms with Gasteiger partial charge in [0.25, 0.3) is 0 Å². The van der Waals surface area contributed by atoms with Crippen molar-refractivity contribution in [1.29, 1.82) is 0 Å². The Morgan fingerprint density at radius 1 is 1.58 bits per heavy atom. The summed E-state index contributed by atoms with van der Waals surface area (Å²) >= 11 is 0. The van der Waals surface area contributed by atoms with Crippen LogP contribution in [0, 0.1) is 5.92 Å². The van der Waals surface area contributed by atoms with Gasteiger partial charge in [0.15, 0.2) is 0 Å². The van der Waals surface area contributed by atoms with Gasteiger partial charge < -0.3 is 9.64 Å². The number of nitrogens with zero attached hydrogens (tertiary/aromatic N) is 1. The maximum absolute atomic E-state index is 11.2. The van der Waals surface area contributed by atoms with Crippen LogP contribution < -0.4 is 0 Å². The second kappa shape index (κ2) is 3.78. The summed E-state index contributed by atoms with van der Waals surface area (Å²) in [6, 6.07) is 0.449. The Kier molecular flexibility index (Phi) is 2.95. The maximum Gasteiger partial charge on any atom is 0.409 e. The summed E-state index contributed by atoms with van der Waals surface area (Å²) < 4.78 is 5.05. The lowest BCUT2D eigenvalue weighted by Gasteiger charge is -2.16. The molecule has 0 aliphatic heterocycles. The van der Waals surface area contributed by atoms with E-state index in [1.54, 1.807) is 11.9 Å². The van der Waals surface area contributed by atoms with Gasteiger partial charge >= 0.3 is 6.09 Å². The largest absolute Gasteiger partial charge is 0.449 e.